The molecule has 1 rings (SSSR count). The number of nitrogens with one attached hydrogen (secondary N) is 1. The van der Waals surface area contributed by atoms with E-state index in [1.54, 1.807) is 0 Å². The molecule has 0 aromatic carbocycles. The van der Waals surface area contributed by atoms with Crippen molar-refractivity contribution >= 4 is 12.0 Å². The van der Waals surface area contributed by atoms with Crippen molar-refractivity contribution in [2.45, 2.75) is 26.7 Å². The van der Waals surface area contributed by atoms with E-state index < -0.39 is 5.97 Å². The van der Waals surface area contributed by atoms with Gasteiger partial charge >= 0.3 is 12.0 Å². The fourth-order valence-electron chi connectivity index (χ4n) is 2.10. The minimum absolute atomic E-state index is 0.214. The lowest BCUT2D eigenvalue weighted by Gasteiger charge is -2.24. The lowest BCUT2D eigenvalue weighted by molar-refractivity contribution is -0.137. The SMILES string of the molecule is COCCN(CC(=O)O)C(=O)NCC1(C(C)C)CC1. The van der Waals surface area contributed by atoms with Crippen LogP contribution in [0, 0.1) is 11.3 Å². The fourth-order valence-corrected chi connectivity index (χ4v) is 2.10. The van der Waals surface area contributed by atoms with Crippen molar-refractivity contribution in [2.24, 2.45) is 11.3 Å². The van der Waals surface area contributed by atoms with Crippen molar-refractivity contribution in [1.82, 2.24) is 10.2 Å². The van der Waals surface area contributed by atoms with Crippen LogP contribution >= 0.6 is 0 Å². The molecule has 0 aromatic heterocycles. The van der Waals surface area contributed by atoms with E-state index >= 15 is 0 Å². The molecule has 1 aliphatic carbocycles. The van der Waals surface area contributed by atoms with Crippen molar-refractivity contribution in [3.05, 3.63) is 0 Å². The van der Waals surface area contributed by atoms with Crippen molar-refractivity contribution in [2.75, 3.05) is 33.4 Å². The molecule has 1 aliphatic rings. The van der Waals surface area contributed by atoms with Crippen LogP contribution in [0.5, 0.6) is 0 Å². The molecule has 0 spiro atoms. The van der Waals surface area contributed by atoms with Crippen LogP contribution < -0.4 is 5.32 Å². The number of nitrogens with zero attached hydrogens (tertiary/aromatic N) is 1. The summed E-state index contributed by atoms with van der Waals surface area (Å²) in [4.78, 5) is 24.0. The van der Waals surface area contributed by atoms with Gasteiger partial charge in [-0.15, -0.1) is 0 Å². The van der Waals surface area contributed by atoms with Gasteiger partial charge in [0.1, 0.15) is 6.54 Å². The second kappa shape index (κ2) is 6.75. The van der Waals surface area contributed by atoms with Crippen LogP contribution in [0.3, 0.4) is 0 Å². The van der Waals surface area contributed by atoms with Gasteiger partial charge in [-0.25, -0.2) is 4.79 Å². The van der Waals surface area contributed by atoms with Crippen LogP contribution in [0.2, 0.25) is 0 Å². The maximum atomic E-state index is 12.0. The summed E-state index contributed by atoms with van der Waals surface area (Å²) in [6, 6.07) is -0.327. The Morgan fingerprint density at radius 2 is 2.05 bits per heavy atom. The molecule has 0 radical (unpaired) electrons. The molecule has 19 heavy (non-hydrogen) atoms. The molecule has 0 heterocycles. The number of urea groups is 1. The predicted octanol–water partition coefficient (Wildman–Crippen LogP) is 1.17. The monoisotopic (exact) mass is 272 g/mol. The number of hydrogen-bond acceptors (Lipinski definition) is 3. The zero-order chi connectivity index (χ0) is 14.5. The van der Waals surface area contributed by atoms with Crippen LogP contribution in [-0.4, -0.2) is 55.4 Å². The van der Waals surface area contributed by atoms with Crippen LogP contribution in [0.4, 0.5) is 4.79 Å². The molecule has 1 fully saturated rings. The molecule has 0 aromatic rings. The first-order chi connectivity index (χ1) is 8.91. The molecular weight excluding hydrogens is 248 g/mol. The van der Waals surface area contributed by atoms with E-state index in [1.165, 1.54) is 12.0 Å². The predicted molar refractivity (Wildman–Crippen MR) is 71.0 cm³/mol. The van der Waals surface area contributed by atoms with Gasteiger partial charge in [0.2, 0.25) is 0 Å². The summed E-state index contributed by atoms with van der Waals surface area (Å²) < 4.78 is 4.89. The third kappa shape index (κ3) is 4.70. The van der Waals surface area contributed by atoms with Gasteiger partial charge in [-0.3, -0.25) is 4.79 Å². The summed E-state index contributed by atoms with van der Waals surface area (Å²) >= 11 is 0. The highest BCUT2D eigenvalue weighted by Gasteiger charge is 2.45. The normalized spacial score (nSPS) is 16.2. The summed E-state index contributed by atoms with van der Waals surface area (Å²) in [5, 5.41) is 11.6. The maximum absolute atomic E-state index is 12.0. The van der Waals surface area contributed by atoms with Crippen LogP contribution in [-0.2, 0) is 9.53 Å². The van der Waals surface area contributed by atoms with E-state index in [-0.39, 0.29) is 24.5 Å². The molecular formula is C13H24N2O4. The Balaban J connectivity index is 2.45. The molecule has 1 saturated carbocycles. The quantitative estimate of drug-likeness (QED) is 0.695. The standard InChI is InChI=1S/C13H24N2O4/c1-10(2)13(4-5-13)9-14-12(18)15(6-7-19-3)8-11(16)17/h10H,4-9H2,1-3H3,(H,14,18)(H,16,17). The minimum Gasteiger partial charge on any atom is -0.480 e. The first-order valence-electron chi connectivity index (χ1n) is 6.65. The number of carboxylic acids is 1. The molecule has 0 aliphatic heterocycles. The molecule has 2 amide bonds. The third-order valence-corrected chi connectivity index (χ3v) is 3.89. The van der Waals surface area contributed by atoms with Gasteiger partial charge in [-0.05, 0) is 24.2 Å². The summed E-state index contributed by atoms with van der Waals surface area (Å²) in [7, 11) is 1.52. The topological polar surface area (TPSA) is 78.9 Å². The van der Waals surface area contributed by atoms with Gasteiger partial charge in [-0.2, -0.15) is 0 Å². The van der Waals surface area contributed by atoms with E-state index in [9.17, 15) is 9.59 Å². The van der Waals surface area contributed by atoms with Gasteiger partial charge in [0.15, 0.2) is 0 Å². The largest absolute Gasteiger partial charge is 0.480 e. The zero-order valence-electron chi connectivity index (χ0n) is 11.9. The van der Waals surface area contributed by atoms with Crippen LogP contribution in [0.1, 0.15) is 26.7 Å². The number of ether oxygens (including phenoxy) is 1. The molecule has 110 valence electrons. The highest BCUT2D eigenvalue weighted by Crippen LogP contribution is 2.51. The Labute approximate surface area is 114 Å². The van der Waals surface area contributed by atoms with Gasteiger partial charge < -0.3 is 20.1 Å². The Morgan fingerprint density at radius 1 is 1.42 bits per heavy atom. The van der Waals surface area contributed by atoms with Crippen molar-refractivity contribution in [3.63, 3.8) is 0 Å². The summed E-state index contributed by atoms with van der Waals surface area (Å²) in [5.41, 5.74) is 0.214. The number of carboxylic acid groups (broad SMARTS) is 1. The molecule has 0 unspecified atom stereocenters. The summed E-state index contributed by atoms with van der Waals surface area (Å²) in [6.45, 7) is 5.23. The first-order valence-corrected chi connectivity index (χ1v) is 6.65. The number of carbonyl (C=O) groups is 2. The van der Waals surface area contributed by atoms with E-state index in [1.807, 2.05) is 0 Å². The van der Waals surface area contributed by atoms with E-state index in [0.29, 0.717) is 19.1 Å². The minimum atomic E-state index is -1.02. The lowest BCUT2D eigenvalue weighted by atomic mass is 9.92. The lowest BCUT2D eigenvalue weighted by Crippen LogP contribution is -2.46. The van der Waals surface area contributed by atoms with Gasteiger partial charge in [0.25, 0.3) is 0 Å². The highest BCUT2D eigenvalue weighted by atomic mass is 16.5. The number of rotatable bonds is 8. The average molecular weight is 272 g/mol. The summed E-state index contributed by atoms with van der Waals surface area (Å²) in [5.74, 6) is -0.490. The Morgan fingerprint density at radius 3 is 2.47 bits per heavy atom. The van der Waals surface area contributed by atoms with Gasteiger partial charge in [-0.1, -0.05) is 13.8 Å². The third-order valence-electron chi connectivity index (χ3n) is 3.89. The Hall–Kier alpha value is -1.30. The molecule has 0 saturated heterocycles. The number of carbonyl (C=O) groups excluding carboxylic acids is 1. The van der Waals surface area contributed by atoms with E-state index in [4.69, 9.17) is 9.84 Å². The smallest absolute Gasteiger partial charge is 0.323 e. The highest BCUT2D eigenvalue weighted by molar-refractivity contribution is 5.80. The first kappa shape index (κ1) is 15.8. The molecule has 6 heteroatoms. The Kier molecular flexibility index (Phi) is 5.60. The molecule has 0 atom stereocenters. The van der Waals surface area contributed by atoms with Crippen molar-refractivity contribution < 1.29 is 19.4 Å². The average Bonchev–Trinajstić information content (AvgIpc) is 3.12. The molecule has 0 bridgehead atoms. The number of amides is 2. The van der Waals surface area contributed by atoms with Gasteiger partial charge in [0, 0.05) is 20.2 Å². The number of hydrogen-bond donors (Lipinski definition) is 2. The van der Waals surface area contributed by atoms with Crippen LogP contribution in [0.25, 0.3) is 0 Å². The van der Waals surface area contributed by atoms with Gasteiger partial charge in [0.05, 0.1) is 6.61 Å². The number of aliphatic carboxylic acids is 1. The molecule has 2 N–H and O–H groups in total. The molecule has 6 nitrogen and oxygen atoms in total. The van der Waals surface area contributed by atoms with E-state index in [0.717, 1.165) is 12.8 Å². The zero-order valence-corrected chi connectivity index (χ0v) is 11.9. The number of methoxy groups -OCH3 is 1. The second-order valence-electron chi connectivity index (χ2n) is 5.48. The van der Waals surface area contributed by atoms with Crippen LogP contribution in [0.15, 0.2) is 0 Å². The summed E-state index contributed by atoms with van der Waals surface area (Å²) in [6.07, 6.45) is 2.25. The Bertz CT molecular complexity index is 327. The van der Waals surface area contributed by atoms with E-state index in [2.05, 4.69) is 19.2 Å². The second-order valence-corrected chi connectivity index (χ2v) is 5.48. The van der Waals surface area contributed by atoms with Crippen molar-refractivity contribution in [1.29, 1.82) is 0 Å². The fraction of sp³-hybridized carbons (Fsp3) is 0.846. The maximum Gasteiger partial charge on any atom is 0.323 e. The van der Waals surface area contributed by atoms with Crippen molar-refractivity contribution in [3.8, 4) is 0 Å².